The van der Waals surface area contributed by atoms with E-state index in [1.54, 1.807) is 35.9 Å². The second kappa shape index (κ2) is 6.08. The predicted octanol–water partition coefficient (Wildman–Crippen LogP) is 2.06. The average molecular weight is 374 g/mol. The van der Waals surface area contributed by atoms with Crippen LogP contribution >= 0.6 is 15.9 Å². The van der Waals surface area contributed by atoms with E-state index in [-0.39, 0.29) is 11.4 Å². The SMILES string of the molecule is COc1cc(Br)cc(NS(=O)(=O)c2cc(CN)n(C)c2)c1. The van der Waals surface area contributed by atoms with Crippen LogP contribution in [0.15, 0.2) is 39.8 Å². The van der Waals surface area contributed by atoms with E-state index in [0.29, 0.717) is 11.4 Å². The molecule has 0 fully saturated rings. The maximum Gasteiger partial charge on any atom is 0.263 e. The van der Waals surface area contributed by atoms with Crippen molar-refractivity contribution in [2.75, 3.05) is 11.8 Å². The highest BCUT2D eigenvalue weighted by Gasteiger charge is 2.18. The fourth-order valence-corrected chi connectivity index (χ4v) is 3.49. The van der Waals surface area contributed by atoms with Crippen LogP contribution < -0.4 is 15.2 Å². The Balaban J connectivity index is 2.34. The van der Waals surface area contributed by atoms with Crippen molar-refractivity contribution in [2.45, 2.75) is 11.4 Å². The summed E-state index contributed by atoms with van der Waals surface area (Å²) in [6, 6.07) is 6.56. The molecule has 2 aromatic rings. The van der Waals surface area contributed by atoms with Crippen LogP contribution in [0.1, 0.15) is 5.69 Å². The molecule has 0 saturated heterocycles. The number of nitrogens with zero attached hydrogens (tertiary/aromatic N) is 1. The highest BCUT2D eigenvalue weighted by Crippen LogP contribution is 2.26. The molecule has 0 aliphatic heterocycles. The van der Waals surface area contributed by atoms with Crippen LogP contribution in [0.2, 0.25) is 0 Å². The van der Waals surface area contributed by atoms with Crippen LogP contribution in [-0.2, 0) is 23.6 Å². The van der Waals surface area contributed by atoms with Crippen molar-refractivity contribution in [3.05, 3.63) is 40.6 Å². The maximum atomic E-state index is 12.4. The van der Waals surface area contributed by atoms with Gasteiger partial charge in [-0.1, -0.05) is 15.9 Å². The van der Waals surface area contributed by atoms with Crippen molar-refractivity contribution >= 4 is 31.6 Å². The van der Waals surface area contributed by atoms with Crippen LogP contribution in [0, 0.1) is 0 Å². The molecule has 1 heterocycles. The van der Waals surface area contributed by atoms with Gasteiger partial charge in [-0.2, -0.15) is 0 Å². The van der Waals surface area contributed by atoms with Gasteiger partial charge < -0.3 is 15.0 Å². The average Bonchev–Trinajstić information content (AvgIpc) is 2.79. The van der Waals surface area contributed by atoms with Crippen LogP contribution in [0.25, 0.3) is 0 Å². The summed E-state index contributed by atoms with van der Waals surface area (Å²) in [6.07, 6.45) is 1.53. The maximum absolute atomic E-state index is 12.4. The first-order chi connectivity index (χ1) is 9.85. The van der Waals surface area contributed by atoms with E-state index in [1.165, 1.54) is 13.3 Å². The third-order valence-electron chi connectivity index (χ3n) is 2.96. The molecule has 0 radical (unpaired) electrons. The highest BCUT2D eigenvalue weighted by atomic mass is 79.9. The van der Waals surface area contributed by atoms with E-state index < -0.39 is 10.0 Å². The second-order valence-corrected chi connectivity index (χ2v) is 7.07. The summed E-state index contributed by atoms with van der Waals surface area (Å²) in [5, 5.41) is 0. The zero-order chi connectivity index (χ0) is 15.6. The summed E-state index contributed by atoms with van der Waals surface area (Å²) >= 11 is 3.31. The summed E-state index contributed by atoms with van der Waals surface area (Å²) < 4.78 is 34.8. The van der Waals surface area contributed by atoms with Gasteiger partial charge in [-0.3, -0.25) is 4.72 Å². The van der Waals surface area contributed by atoms with Crippen molar-refractivity contribution in [1.29, 1.82) is 0 Å². The van der Waals surface area contributed by atoms with Gasteiger partial charge >= 0.3 is 0 Å². The molecule has 6 nitrogen and oxygen atoms in total. The van der Waals surface area contributed by atoms with Crippen LogP contribution in [-0.4, -0.2) is 20.1 Å². The molecule has 0 unspecified atom stereocenters. The van der Waals surface area contributed by atoms with Gasteiger partial charge in [-0.15, -0.1) is 0 Å². The largest absolute Gasteiger partial charge is 0.497 e. The van der Waals surface area contributed by atoms with Gasteiger partial charge in [0.2, 0.25) is 0 Å². The summed E-state index contributed by atoms with van der Waals surface area (Å²) in [4.78, 5) is 0.171. The number of aromatic nitrogens is 1. The van der Waals surface area contributed by atoms with Crippen molar-refractivity contribution < 1.29 is 13.2 Å². The second-order valence-electron chi connectivity index (χ2n) is 4.47. The lowest BCUT2D eigenvalue weighted by Crippen LogP contribution is -2.12. The molecule has 0 bridgehead atoms. The molecule has 0 aliphatic carbocycles. The molecule has 0 atom stereocenters. The van der Waals surface area contributed by atoms with Gasteiger partial charge in [0.05, 0.1) is 12.8 Å². The highest BCUT2D eigenvalue weighted by molar-refractivity contribution is 9.10. The first-order valence-corrected chi connectivity index (χ1v) is 8.36. The van der Waals surface area contributed by atoms with Crippen molar-refractivity contribution in [3.8, 4) is 5.75 Å². The standard InChI is InChI=1S/C13H16BrN3O3S/c1-17-8-13(6-11(17)7-15)21(18,19)16-10-3-9(14)4-12(5-10)20-2/h3-6,8,16H,7,15H2,1-2H3. The number of halogens is 1. The molecule has 0 saturated carbocycles. The normalized spacial score (nSPS) is 11.4. The Labute approximate surface area is 132 Å². The van der Waals surface area contributed by atoms with Gasteiger partial charge in [0.1, 0.15) is 10.6 Å². The Morgan fingerprint density at radius 3 is 2.62 bits per heavy atom. The van der Waals surface area contributed by atoms with Gasteiger partial charge in [-0.05, 0) is 18.2 Å². The summed E-state index contributed by atoms with van der Waals surface area (Å²) in [7, 11) is -0.398. The molecule has 21 heavy (non-hydrogen) atoms. The number of hydrogen-bond donors (Lipinski definition) is 2. The molecule has 114 valence electrons. The molecule has 0 aliphatic rings. The predicted molar refractivity (Wildman–Crippen MR) is 84.8 cm³/mol. The Kier molecular flexibility index (Phi) is 4.60. The van der Waals surface area contributed by atoms with E-state index in [2.05, 4.69) is 20.7 Å². The molecule has 0 amide bonds. The number of ether oxygens (including phenoxy) is 1. The zero-order valence-electron chi connectivity index (χ0n) is 11.6. The first kappa shape index (κ1) is 15.9. The molecule has 8 heteroatoms. The molecule has 0 spiro atoms. The quantitative estimate of drug-likeness (QED) is 0.839. The summed E-state index contributed by atoms with van der Waals surface area (Å²) in [6.45, 7) is 0.275. The number of nitrogens with one attached hydrogen (secondary N) is 1. The molecule has 1 aromatic carbocycles. The fraction of sp³-hybridized carbons (Fsp3) is 0.231. The molecular weight excluding hydrogens is 358 g/mol. The Morgan fingerprint density at radius 1 is 1.33 bits per heavy atom. The minimum absolute atomic E-state index is 0.171. The fourth-order valence-electron chi connectivity index (χ4n) is 1.88. The van der Waals surface area contributed by atoms with Crippen molar-refractivity contribution in [3.63, 3.8) is 0 Å². The number of benzene rings is 1. The van der Waals surface area contributed by atoms with Crippen LogP contribution in [0.5, 0.6) is 5.75 Å². The van der Waals surface area contributed by atoms with E-state index in [9.17, 15) is 8.42 Å². The van der Waals surface area contributed by atoms with Gasteiger partial charge in [-0.25, -0.2) is 8.42 Å². The van der Waals surface area contributed by atoms with Gasteiger partial charge in [0.15, 0.2) is 0 Å². The Morgan fingerprint density at radius 2 is 2.05 bits per heavy atom. The third-order valence-corrected chi connectivity index (χ3v) is 4.77. The number of methoxy groups -OCH3 is 1. The number of hydrogen-bond acceptors (Lipinski definition) is 4. The Bertz CT molecular complexity index is 756. The van der Waals surface area contributed by atoms with E-state index in [1.807, 2.05) is 0 Å². The van der Waals surface area contributed by atoms with E-state index in [0.717, 1.165) is 10.2 Å². The monoisotopic (exact) mass is 373 g/mol. The number of sulfonamides is 1. The molecular formula is C13H16BrN3O3S. The number of aryl methyl sites for hydroxylation is 1. The van der Waals surface area contributed by atoms with Gasteiger partial charge in [0.25, 0.3) is 10.0 Å². The number of rotatable bonds is 5. The Hall–Kier alpha value is -1.51. The zero-order valence-corrected chi connectivity index (χ0v) is 14.0. The third kappa shape index (κ3) is 3.58. The van der Waals surface area contributed by atoms with Crippen LogP contribution in [0.4, 0.5) is 5.69 Å². The lowest BCUT2D eigenvalue weighted by Gasteiger charge is -2.09. The van der Waals surface area contributed by atoms with E-state index in [4.69, 9.17) is 10.5 Å². The van der Waals surface area contributed by atoms with Crippen molar-refractivity contribution in [1.82, 2.24) is 4.57 Å². The first-order valence-electron chi connectivity index (χ1n) is 6.08. The van der Waals surface area contributed by atoms with Gasteiger partial charge in [0, 0.05) is 36.0 Å². The molecule has 3 N–H and O–H groups in total. The summed E-state index contributed by atoms with van der Waals surface area (Å²) in [5.74, 6) is 0.554. The lowest BCUT2D eigenvalue weighted by atomic mass is 10.3. The number of anilines is 1. The summed E-state index contributed by atoms with van der Waals surface area (Å²) in [5.41, 5.74) is 6.71. The molecule has 2 rings (SSSR count). The minimum Gasteiger partial charge on any atom is -0.497 e. The topological polar surface area (TPSA) is 86.3 Å². The number of nitrogens with two attached hydrogens (primary N) is 1. The molecule has 1 aromatic heterocycles. The van der Waals surface area contributed by atoms with Crippen LogP contribution in [0.3, 0.4) is 0 Å². The minimum atomic E-state index is -3.67. The lowest BCUT2D eigenvalue weighted by molar-refractivity contribution is 0.415. The van der Waals surface area contributed by atoms with E-state index >= 15 is 0 Å². The smallest absolute Gasteiger partial charge is 0.263 e. The van der Waals surface area contributed by atoms with Crippen molar-refractivity contribution in [2.24, 2.45) is 12.8 Å².